The number of amides is 1. The highest BCUT2D eigenvalue weighted by molar-refractivity contribution is 7.91. The van der Waals surface area contributed by atoms with E-state index in [1.54, 1.807) is 41.4 Å². The average molecular weight is 361 g/mol. The number of likely N-dealkylation sites (tertiary alicyclic amines) is 1. The fourth-order valence-electron chi connectivity index (χ4n) is 3.18. The Bertz CT molecular complexity index is 780. The third-order valence-electron chi connectivity index (χ3n) is 4.68. The summed E-state index contributed by atoms with van der Waals surface area (Å²) in [5.74, 6) is 0.331. The van der Waals surface area contributed by atoms with E-state index in [1.807, 2.05) is 12.5 Å². The molecule has 1 aliphatic heterocycles. The smallest absolute Gasteiger partial charge is 0.223 e. The van der Waals surface area contributed by atoms with Gasteiger partial charge in [0.2, 0.25) is 5.91 Å². The van der Waals surface area contributed by atoms with Gasteiger partial charge in [-0.3, -0.25) is 4.79 Å². The second-order valence-electron chi connectivity index (χ2n) is 6.47. The van der Waals surface area contributed by atoms with Gasteiger partial charge in [-0.2, -0.15) is 0 Å². The Hall–Kier alpha value is -2.15. The lowest BCUT2D eigenvalue weighted by atomic mass is 9.96. The number of aromatic nitrogens is 2. The summed E-state index contributed by atoms with van der Waals surface area (Å²) in [6, 6.07) is 8.31. The van der Waals surface area contributed by atoms with Crippen LogP contribution in [-0.4, -0.2) is 47.6 Å². The molecule has 0 radical (unpaired) electrons. The maximum absolute atomic E-state index is 12.3. The van der Waals surface area contributed by atoms with Crippen molar-refractivity contribution in [3.8, 4) is 0 Å². The van der Waals surface area contributed by atoms with Gasteiger partial charge < -0.3 is 9.47 Å². The van der Waals surface area contributed by atoms with Crippen LogP contribution in [0, 0.1) is 5.92 Å². The maximum atomic E-state index is 12.3. The van der Waals surface area contributed by atoms with E-state index in [4.69, 9.17) is 0 Å². The Morgan fingerprint density at radius 3 is 2.52 bits per heavy atom. The summed E-state index contributed by atoms with van der Waals surface area (Å²) >= 11 is 0. The van der Waals surface area contributed by atoms with E-state index in [2.05, 4.69) is 9.55 Å². The van der Waals surface area contributed by atoms with Gasteiger partial charge in [-0.25, -0.2) is 13.4 Å². The number of nitrogens with zero attached hydrogens (tertiary/aromatic N) is 3. The number of carbonyl (C=O) groups excluding carboxylic acids is 1. The first kappa shape index (κ1) is 17.7. The molecule has 0 N–H and O–H groups in total. The topological polar surface area (TPSA) is 72.3 Å². The monoisotopic (exact) mass is 361 g/mol. The number of piperidine rings is 1. The highest BCUT2D eigenvalue weighted by atomic mass is 32.2. The van der Waals surface area contributed by atoms with Crippen molar-refractivity contribution in [2.24, 2.45) is 5.92 Å². The van der Waals surface area contributed by atoms with E-state index in [9.17, 15) is 13.2 Å². The Morgan fingerprint density at radius 2 is 1.88 bits per heavy atom. The molecule has 0 bridgehead atoms. The maximum Gasteiger partial charge on any atom is 0.223 e. The van der Waals surface area contributed by atoms with Crippen molar-refractivity contribution in [1.82, 2.24) is 14.5 Å². The van der Waals surface area contributed by atoms with Crippen LogP contribution < -0.4 is 0 Å². The summed E-state index contributed by atoms with van der Waals surface area (Å²) in [4.78, 5) is 18.5. The standard InChI is InChI=1S/C18H23N3O3S/c22-18(8-13-25(23,24)17-4-2-1-3-5-17)21-10-6-16(7-11-21)14-20-12-9-19-15-20/h1-5,9,12,15-16H,6-8,10-11,13-14H2. The number of hydrogen-bond donors (Lipinski definition) is 0. The molecule has 0 saturated carbocycles. The number of carbonyl (C=O) groups is 1. The minimum absolute atomic E-state index is 0.0451. The van der Waals surface area contributed by atoms with Crippen molar-refractivity contribution in [1.29, 1.82) is 0 Å². The lowest BCUT2D eigenvalue weighted by Gasteiger charge is -2.32. The van der Waals surface area contributed by atoms with Crippen LogP contribution in [0.3, 0.4) is 0 Å². The van der Waals surface area contributed by atoms with Gasteiger partial charge in [-0.15, -0.1) is 0 Å². The molecule has 0 spiro atoms. The van der Waals surface area contributed by atoms with Gasteiger partial charge in [-0.1, -0.05) is 18.2 Å². The first-order valence-electron chi connectivity index (χ1n) is 8.56. The molecule has 0 unspecified atom stereocenters. The number of imidazole rings is 1. The zero-order valence-corrected chi connectivity index (χ0v) is 14.9. The van der Waals surface area contributed by atoms with Crippen LogP contribution in [0.15, 0.2) is 53.9 Å². The van der Waals surface area contributed by atoms with Gasteiger partial charge in [-0.05, 0) is 30.9 Å². The van der Waals surface area contributed by atoms with Gasteiger partial charge in [0.1, 0.15) is 0 Å². The largest absolute Gasteiger partial charge is 0.343 e. The molecule has 1 fully saturated rings. The normalized spacial score (nSPS) is 16.1. The summed E-state index contributed by atoms with van der Waals surface area (Å²) in [5.41, 5.74) is 0. The fraction of sp³-hybridized carbons (Fsp3) is 0.444. The third-order valence-corrected chi connectivity index (χ3v) is 6.41. The molecule has 7 heteroatoms. The zero-order valence-electron chi connectivity index (χ0n) is 14.1. The summed E-state index contributed by atoms with van der Waals surface area (Å²) in [6.07, 6.45) is 7.46. The van der Waals surface area contributed by atoms with E-state index >= 15 is 0 Å². The highest BCUT2D eigenvalue weighted by Gasteiger charge is 2.24. The molecule has 1 aromatic carbocycles. The Kier molecular flexibility index (Phi) is 5.53. The van der Waals surface area contributed by atoms with Crippen molar-refractivity contribution < 1.29 is 13.2 Å². The molecular formula is C18H23N3O3S. The fourth-order valence-corrected chi connectivity index (χ4v) is 4.43. The summed E-state index contributed by atoms with van der Waals surface area (Å²) in [6.45, 7) is 2.32. The summed E-state index contributed by atoms with van der Waals surface area (Å²) in [5, 5.41) is 0. The quantitative estimate of drug-likeness (QED) is 0.789. The van der Waals surface area contributed by atoms with Gasteiger partial charge >= 0.3 is 0 Å². The Labute approximate surface area is 148 Å². The van der Waals surface area contributed by atoms with E-state index in [0.717, 1.165) is 19.4 Å². The minimum Gasteiger partial charge on any atom is -0.343 e. The molecule has 6 nitrogen and oxygen atoms in total. The average Bonchev–Trinajstić information content (AvgIpc) is 3.14. The lowest BCUT2D eigenvalue weighted by Crippen LogP contribution is -2.39. The molecule has 2 heterocycles. The Morgan fingerprint density at radius 1 is 1.16 bits per heavy atom. The predicted octanol–water partition coefficient (Wildman–Crippen LogP) is 1.99. The van der Waals surface area contributed by atoms with Crippen molar-refractivity contribution >= 4 is 15.7 Å². The molecule has 1 aliphatic rings. The van der Waals surface area contributed by atoms with Crippen LogP contribution in [0.5, 0.6) is 0 Å². The SMILES string of the molecule is O=C(CCS(=O)(=O)c1ccccc1)N1CCC(Cn2ccnc2)CC1. The van der Waals surface area contributed by atoms with Crippen LogP contribution >= 0.6 is 0 Å². The highest BCUT2D eigenvalue weighted by Crippen LogP contribution is 2.20. The van der Waals surface area contributed by atoms with Crippen LogP contribution in [0.2, 0.25) is 0 Å². The van der Waals surface area contributed by atoms with Gasteiger partial charge in [0.25, 0.3) is 0 Å². The molecule has 25 heavy (non-hydrogen) atoms. The summed E-state index contributed by atoms with van der Waals surface area (Å²) < 4.78 is 26.6. The van der Waals surface area contributed by atoms with Crippen molar-refractivity contribution in [2.45, 2.75) is 30.7 Å². The predicted molar refractivity (Wildman–Crippen MR) is 94.6 cm³/mol. The molecule has 1 saturated heterocycles. The van der Waals surface area contributed by atoms with Crippen molar-refractivity contribution in [3.63, 3.8) is 0 Å². The first-order chi connectivity index (χ1) is 12.0. The minimum atomic E-state index is -3.40. The molecule has 3 rings (SSSR count). The second-order valence-corrected chi connectivity index (χ2v) is 8.57. The molecular weight excluding hydrogens is 338 g/mol. The molecule has 0 atom stereocenters. The first-order valence-corrected chi connectivity index (χ1v) is 10.2. The van der Waals surface area contributed by atoms with Gasteiger partial charge in [0, 0.05) is 38.4 Å². The van der Waals surface area contributed by atoms with Gasteiger partial charge in [0.15, 0.2) is 9.84 Å². The number of hydrogen-bond acceptors (Lipinski definition) is 4. The van der Waals surface area contributed by atoms with Crippen molar-refractivity contribution in [2.75, 3.05) is 18.8 Å². The third kappa shape index (κ3) is 4.69. The molecule has 1 amide bonds. The second kappa shape index (κ2) is 7.82. The van der Waals surface area contributed by atoms with E-state index in [-0.39, 0.29) is 23.0 Å². The van der Waals surface area contributed by atoms with Crippen LogP contribution in [-0.2, 0) is 21.2 Å². The van der Waals surface area contributed by atoms with Crippen LogP contribution in [0.25, 0.3) is 0 Å². The van der Waals surface area contributed by atoms with Crippen molar-refractivity contribution in [3.05, 3.63) is 49.1 Å². The molecule has 134 valence electrons. The van der Waals surface area contributed by atoms with Crippen LogP contribution in [0.4, 0.5) is 0 Å². The molecule has 1 aromatic heterocycles. The van der Waals surface area contributed by atoms with E-state index in [1.165, 1.54) is 0 Å². The molecule has 2 aromatic rings. The number of rotatable bonds is 6. The summed E-state index contributed by atoms with van der Waals surface area (Å²) in [7, 11) is -3.40. The lowest BCUT2D eigenvalue weighted by molar-refractivity contribution is -0.132. The molecule has 0 aliphatic carbocycles. The van der Waals surface area contributed by atoms with Crippen LogP contribution in [0.1, 0.15) is 19.3 Å². The van der Waals surface area contributed by atoms with Gasteiger partial charge in [0.05, 0.1) is 17.0 Å². The number of sulfone groups is 1. The van der Waals surface area contributed by atoms with E-state index < -0.39 is 9.84 Å². The zero-order chi connectivity index (χ0) is 17.7. The van der Waals surface area contributed by atoms with E-state index in [0.29, 0.717) is 19.0 Å². The Balaban J connectivity index is 1.46. The number of benzene rings is 1.